The monoisotopic (exact) mass is 211 g/mol. The topological polar surface area (TPSA) is 111 Å². The quantitative estimate of drug-likeness (QED) is 0.239. The largest absolute Gasteiger partial charge is 0.388 e. The van der Waals surface area contributed by atoms with E-state index in [1.165, 1.54) is 17.1 Å². The van der Waals surface area contributed by atoms with Gasteiger partial charge in [-0.3, -0.25) is 20.2 Å². The number of nitrogens with one attached hydrogen (secondary N) is 1. The van der Waals surface area contributed by atoms with Crippen molar-refractivity contribution in [3.05, 3.63) is 22.5 Å². The van der Waals surface area contributed by atoms with Crippen molar-refractivity contribution >= 4 is 11.5 Å². The molecule has 7 nitrogen and oxygen atoms in total. The molecule has 0 amide bonds. The summed E-state index contributed by atoms with van der Waals surface area (Å²) in [6.07, 6.45) is 4.78. The van der Waals surface area contributed by atoms with E-state index in [0.29, 0.717) is 13.0 Å². The van der Waals surface area contributed by atoms with Crippen molar-refractivity contribution in [1.82, 2.24) is 9.78 Å². The number of aryl methyl sites for hydroxylation is 1. The predicted molar refractivity (Wildman–Crippen MR) is 54.6 cm³/mol. The normalized spacial score (nSPS) is 10.1. The van der Waals surface area contributed by atoms with Gasteiger partial charge in [-0.15, -0.1) is 0 Å². The van der Waals surface area contributed by atoms with Crippen molar-refractivity contribution in [1.29, 1.82) is 5.41 Å². The molecule has 82 valence electrons. The first-order valence-corrected chi connectivity index (χ1v) is 4.59. The van der Waals surface area contributed by atoms with Gasteiger partial charge in [0.2, 0.25) is 0 Å². The molecule has 1 aromatic rings. The van der Waals surface area contributed by atoms with Crippen molar-refractivity contribution < 1.29 is 4.92 Å². The Kier molecular flexibility index (Phi) is 3.78. The van der Waals surface area contributed by atoms with Gasteiger partial charge in [-0.05, 0) is 12.8 Å². The third-order valence-electron chi connectivity index (χ3n) is 1.91. The van der Waals surface area contributed by atoms with Crippen LogP contribution >= 0.6 is 0 Å². The third kappa shape index (κ3) is 3.75. The molecule has 0 aliphatic heterocycles. The Morgan fingerprint density at radius 2 is 2.40 bits per heavy atom. The van der Waals surface area contributed by atoms with Crippen LogP contribution < -0.4 is 5.73 Å². The molecule has 3 N–H and O–H groups in total. The molecule has 0 aliphatic carbocycles. The fourth-order valence-electron chi connectivity index (χ4n) is 1.16. The minimum atomic E-state index is -0.473. The highest BCUT2D eigenvalue weighted by molar-refractivity contribution is 5.76. The highest BCUT2D eigenvalue weighted by Gasteiger charge is 2.07. The zero-order valence-corrected chi connectivity index (χ0v) is 8.22. The molecule has 7 heteroatoms. The number of hydrogen-bond donors (Lipinski definition) is 2. The van der Waals surface area contributed by atoms with Crippen LogP contribution in [0.2, 0.25) is 0 Å². The number of nitro groups is 1. The summed E-state index contributed by atoms with van der Waals surface area (Å²) in [7, 11) is 0. The van der Waals surface area contributed by atoms with Gasteiger partial charge >= 0.3 is 5.69 Å². The SMILES string of the molecule is N=C(N)CCCCn1cc([N+](=O)[O-])cn1. The van der Waals surface area contributed by atoms with Crippen LogP contribution in [0.15, 0.2) is 12.4 Å². The van der Waals surface area contributed by atoms with E-state index in [-0.39, 0.29) is 11.5 Å². The Morgan fingerprint density at radius 3 is 2.93 bits per heavy atom. The average Bonchev–Trinajstić information content (AvgIpc) is 2.60. The van der Waals surface area contributed by atoms with Crippen LogP contribution in [0.5, 0.6) is 0 Å². The second-order valence-corrected chi connectivity index (χ2v) is 3.20. The molecular weight excluding hydrogens is 198 g/mol. The average molecular weight is 211 g/mol. The first kappa shape index (κ1) is 11.2. The Balaban J connectivity index is 2.31. The van der Waals surface area contributed by atoms with E-state index in [2.05, 4.69) is 5.10 Å². The van der Waals surface area contributed by atoms with Crippen molar-refractivity contribution in [2.24, 2.45) is 5.73 Å². The molecule has 0 fully saturated rings. The van der Waals surface area contributed by atoms with Gasteiger partial charge in [0.05, 0.1) is 10.8 Å². The minimum absolute atomic E-state index is 0.00145. The Bertz CT molecular complexity index is 360. The van der Waals surface area contributed by atoms with Gasteiger partial charge < -0.3 is 5.73 Å². The smallest absolute Gasteiger partial charge is 0.306 e. The van der Waals surface area contributed by atoms with Crippen LogP contribution in [0.1, 0.15) is 19.3 Å². The van der Waals surface area contributed by atoms with Gasteiger partial charge in [0.15, 0.2) is 0 Å². The summed E-state index contributed by atoms with van der Waals surface area (Å²) in [6.45, 7) is 0.612. The number of nitrogens with two attached hydrogens (primary N) is 1. The Labute approximate surface area is 86.5 Å². The Hall–Kier alpha value is -1.92. The van der Waals surface area contributed by atoms with Crippen LogP contribution in [-0.2, 0) is 6.54 Å². The molecule has 1 heterocycles. The van der Waals surface area contributed by atoms with Crippen molar-refractivity contribution in [3.63, 3.8) is 0 Å². The molecule has 15 heavy (non-hydrogen) atoms. The summed E-state index contributed by atoms with van der Waals surface area (Å²) in [5, 5.41) is 21.2. The molecule has 0 aliphatic rings. The molecular formula is C8H13N5O2. The van der Waals surface area contributed by atoms with Crippen LogP contribution in [0.4, 0.5) is 5.69 Å². The maximum Gasteiger partial charge on any atom is 0.306 e. The number of unbranched alkanes of at least 4 members (excludes halogenated alkanes) is 1. The highest BCUT2D eigenvalue weighted by atomic mass is 16.6. The highest BCUT2D eigenvalue weighted by Crippen LogP contribution is 2.08. The fourth-order valence-corrected chi connectivity index (χ4v) is 1.16. The second kappa shape index (κ2) is 5.08. The standard InChI is InChI=1S/C8H13N5O2/c9-8(10)3-1-2-4-12-6-7(5-11-12)13(14)15/h5-6H,1-4H2,(H3,9,10). The third-order valence-corrected chi connectivity index (χ3v) is 1.91. The molecule has 0 bridgehead atoms. The lowest BCUT2D eigenvalue weighted by Gasteiger charge is -1.99. The maximum absolute atomic E-state index is 10.3. The summed E-state index contributed by atoms with van der Waals surface area (Å²) < 4.78 is 1.53. The summed E-state index contributed by atoms with van der Waals surface area (Å²) in [4.78, 5) is 9.87. The van der Waals surface area contributed by atoms with E-state index in [0.717, 1.165) is 12.8 Å². The molecule has 1 rings (SSSR count). The predicted octanol–water partition coefficient (Wildman–Crippen LogP) is 0.898. The van der Waals surface area contributed by atoms with Gasteiger partial charge in [-0.25, -0.2) is 0 Å². The number of nitrogens with zero attached hydrogens (tertiary/aromatic N) is 3. The van der Waals surface area contributed by atoms with Crippen LogP contribution in [-0.4, -0.2) is 20.5 Å². The van der Waals surface area contributed by atoms with E-state index in [9.17, 15) is 10.1 Å². The molecule has 1 aromatic heterocycles. The van der Waals surface area contributed by atoms with Gasteiger partial charge in [0, 0.05) is 13.0 Å². The van der Waals surface area contributed by atoms with Crippen molar-refractivity contribution in [2.45, 2.75) is 25.8 Å². The van der Waals surface area contributed by atoms with E-state index < -0.39 is 4.92 Å². The van der Waals surface area contributed by atoms with Crippen LogP contribution in [0.3, 0.4) is 0 Å². The van der Waals surface area contributed by atoms with Crippen molar-refractivity contribution in [3.8, 4) is 0 Å². The first-order valence-electron chi connectivity index (χ1n) is 4.59. The van der Waals surface area contributed by atoms with Gasteiger partial charge in [0.25, 0.3) is 0 Å². The maximum atomic E-state index is 10.3. The lowest BCUT2D eigenvalue weighted by Crippen LogP contribution is -2.09. The van der Waals surface area contributed by atoms with E-state index in [4.69, 9.17) is 11.1 Å². The van der Waals surface area contributed by atoms with Crippen molar-refractivity contribution in [2.75, 3.05) is 0 Å². The molecule has 0 atom stereocenters. The van der Waals surface area contributed by atoms with E-state index in [1.54, 1.807) is 0 Å². The molecule has 0 saturated carbocycles. The van der Waals surface area contributed by atoms with Crippen LogP contribution in [0.25, 0.3) is 0 Å². The fraction of sp³-hybridized carbons (Fsp3) is 0.500. The molecule has 0 spiro atoms. The summed E-state index contributed by atoms with van der Waals surface area (Å²) in [5.41, 5.74) is 5.19. The summed E-state index contributed by atoms with van der Waals surface area (Å²) >= 11 is 0. The van der Waals surface area contributed by atoms with Crippen LogP contribution in [0, 0.1) is 15.5 Å². The Morgan fingerprint density at radius 1 is 1.67 bits per heavy atom. The summed E-state index contributed by atoms with van der Waals surface area (Å²) in [6, 6.07) is 0. The minimum Gasteiger partial charge on any atom is -0.388 e. The second-order valence-electron chi connectivity index (χ2n) is 3.20. The van der Waals surface area contributed by atoms with Gasteiger partial charge in [-0.2, -0.15) is 5.10 Å². The molecule has 0 radical (unpaired) electrons. The van der Waals surface area contributed by atoms with E-state index in [1.807, 2.05) is 0 Å². The van der Waals surface area contributed by atoms with Gasteiger partial charge in [-0.1, -0.05) is 0 Å². The summed E-state index contributed by atoms with van der Waals surface area (Å²) in [5.74, 6) is 0.168. The first-order chi connectivity index (χ1) is 7.09. The lowest BCUT2D eigenvalue weighted by molar-refractivity contribution is -0.385. The van der Waals surface area contributed by atoms with Gasteiger partial charge in [0.1, 0.15) is 12.4 Å². The number of rotatable bonds is 6. The number of amidine groups is 1. The number of hydrogen-bond acceptors (Lipinski definition) is 4. The molecule has 0 saturated heterocycles. The molecule has 0 aromatic carbocycles. The lowest BCUT2D eigenvalue weighted by atomic mass is 10.2. The van der Waals surface area contributed by atoms with E-state index >= 15 is 0 Å². The molecule has 0 unspecified atom stereocenters. The number of aromatic nitrogens is 2. The zero-order valence-electron chi connectivity index (χ0n) is 8.22. The zero-order chi connectivity index (χ0) is 11.3.